The first-order chi connectivity index (χ1) is 16.8. The van der Waals surface area contributed by atoms with Crippen LogP contribution < -0.4 is 9.64 Å². The van der Waals surface area contributed by atoms with Gasteiger partial charge >= 0.3 is 0 Å². The number of hydrogen-bond donors (Lipinski definition) is 3. The lowest BCUT2D eigenvalue weighted by atomic mass is 10.0. The summed E-state index contributed by atoms with van der Waals surface area (Å²) in [6.07, 6.45) is 0.504. The molecule has 2 saturated heterocycles. The second kappa shape index (κ2) is 9.91. The van der Waals surface area contributed by atoms with Gasteiger partial charge in [0.15, 0.2) is 5.65 Å². The number of nitrogens with zero attached hydrogens (tertiary/aromatic N) is 4. The molecule has 1 aromatic carbocycles. The van der Waals surface area contributed by atoms with Crippen LogP contribution in [0, 0.1) is 0 Å². The number of fused-ring (bicyclic) bond motifs is 1. The molecule has 2 fully saturated rings. The van der Waals surface area contributed by atoms with Crippen LogP contribution in [0.15, 0.2) is 30.3 Å². The Morgan fingerprint density at radius 2 is 1.80 bits per heavy atom. The van der Waals surface area contributed by atoms with Gasteiger partial charge in [-0.2, -0.15) is 4.98 Å². The topological polar surface area (TPSA) is 107 Å². The van der Waals surface area contributed by atoms with Gasteiger partial charge in [0, 0.05) is 37.4 Å². The maximum atomic E-state index is 10.3. The lowest BCUT2D eigenvalue weighted by Crippen LogP contribution is -2.53. The van der Waals surface area contributed by atoms with Gasteiger partial charge in [-0.3, -0.25) is 4.90 Å². The molecule has 9 nitrogen and oxygen atoms in total. The number of likely N-dealkylation sites (tertiary alicyclic amines) is 1. The van der Waals surface area contributed by atoms with Gasteiger partial charge in [0.2, 0.25) is 0 Å². The molecular formula is C25H32ClN5O4. The standard InChI is InChI=1S/C25H32ClN5O4/c1-25(2,33)23(32)31-9-7-18(8-10-31)35-24-27-20-15-19(26)21(28-22(20)29-24)16-3-5-17(6-4-16)30-11-13-34-14-12-30/h3-6,15,18,23,32-33H,7-14H2,1-2H3,(H,27,28,29). The zero-order chi connectivity index (χ0) is 24.6. The minimum Gasteiger partial charge on any atom is -0.461 e. The van der Waals surface area contributed by atoms with Gasteiger partial charge in [-0.1, -0.05) is 23.7 Å². The highest BCUT2D eigenvalue weighted by molar-refractivity contribution is 6.33. The molecule has 2 aliphatic heterocycles. The number of hydrogen-bond acceptors (Lipinski definition) is 8. The highest BCUT2D eigenvalue weighted by Gasteiger charge is 2.33. The molecule has 0 aliphatic carbocycles. The highest BCUT2D eigenvalue weighted by atomic mass is 35.5. The third-order valence-electron chi connectivity index (χ3n) is 6.65. The number of halogens is 1. The molecule has 1 atom stereocenters. The van der Waals surface area contributed by atoms with Crippen LogP contribution in [0.25, 0.3) is 22.4 Å². The summed E-state index contributed by atoms with van der Waals surface area (Å²) in [5.41, 5.74) is 2.86. The van der Waals surface area contributed by atoms with Crippen LogP contribution in [0.3, 0.4) is 0 Å². The quantitative estimate of drug-likeness (QED) is 0.473. The lowest BCUT2D eigenvalue weighted by molar-refractivity contribution is -0.140. The van der Waals surface area contributed by atoms with Gasteiger partial charge in [-0.05, 0) is 44.9 Å². The Bertz CT molecular complexity index is 1150. The van der Waals surface area contributed by atoms with Gasteiger partial charge in [-0.15, -0.1) is 0 Å². The third kappa shape index (κ3) is 5.39. The number of imidazole rings is 1. The average Bonchev–Trinajstić information content (AvgIpc) is 3.24. The molecule has 2 aromatic heterocycles. The fourth-order valence-electron chi connectivity index (χ4n) is 4.65. The number of benzene rings is 1. The first-order valence-corrected chi connectivity index (χ1v) is 12.5. The van der Waals surface area contributed by atoms with Crippen molar-refractivity contribution in [2.24, 2.45) is 0 Å². The van der Waals surface area contributed by atoms with E-state index in [9.17, 15) is 10.2 Å². The van der Waals surface area contributed by atoms with Crippen molar-refractivity contribution < 1.29 is 19.7 Å². The van der Waals surface area contributed by atoms with Crippen molar-refractivity contribution in [1.29, 1.82) is 0 Å². The third-order valence-corrected chi connectivity index (χ3v) is 6.94. The minimum absolute atomic E-state index is 0.0384. The second-order valence-corrected chi connectivity index (χ2v) is 10.2. The molecule has 0 radical (unpaired) electrons. The predicted octanol–water partition coefficient (Wildman–Crippen LogP) is 3.05. The number of aromatic amines is 1. The fourth-order valence-corrected chi connectivity index (χ4v) is 4.91. The molecule has 1 unspecified atom stereocenters. The molecular weight excluding hydrogens is 470 g/mol. The number of aromatic nitrogens is 3. The van der Waals surface area contributed by atoms with Gasteiger partial charge in [0.25, 0.3) is 6.01 Å². The monoisotopic (exact) mass is 501 g/mol. The van der Waals surface area contributed by atoms with E-state index in [0.29, 0.717) is 41.0 Å². The summed E-state index contributed by atoms with van der Waals surface area (Å²) >= 11 is 6.58. The SMILES string of the molecule is CC(C)(O)C(O)N1CCC(Oc2nc3nc(-c4ccc(N5CCOCC5)cc4)c(Cl)cc3[nH]2)CC1. The van der Waals surface area contributed by atoms with Crippen molar-refractivity contribution in [3.63, 3.8) is 0 Å². The first-order valence-electron chi connectivity index (χ1n) is 12.1. The van der Waals surface area contributed by atoms with Crippen LogP contribution in [-0.4, -0.2) is 87.4 Å². The largest absolute Gasteiger partial charge is 0.461 e. The maximum Gasteiger partial charge on any atom is 0.296 e. The Labute approximate surface area is 209 Å². The van der Waals surface area contributed by atoms with E-state index < -0.39 is 11.8 Å². The predicted molar refractivity (Wildman–Crippen MR) is 135 cm³/mol. The molecule has 10 heteroatoms. The number of nitrogens with one attached hydrogen (secondary N) is 1. The number of aliphatic hydroxyl groups is 2. The van der Waals surface area contributed by atoms with Gasteiger partial charge in [-0.25, -0.2) is 4.98 Å². The maximum absolute atomic E-state index is 10.3. The number of piperidine rings is 1. The van der Waals surface area contributed by atoms with Crippen molar-refractivity contribution in [2.45, 2.75) is 44.6 Å². The van der Waals surface area contributed by atoms with E-state index in [1.165, 1.54) is 0 Å². The van der Waals surface area contributed by atoms with E-state index in [0.717, 1.165) is 50.4 Å². The molecule has 0 amide bonds. The summed E-state index contributed by atoms with van der Waals surface area (Å²) in [4.78, 5) is 16.6. The van der Waals surface area contributed by atoms with E-state index in [1.807, 2.05) is 23.1 Å². The number of H-pyrrole nitrogens is 1. The van der Waals surface area contributed by atoms with Crippen molar-refractivity contribution in [2.75, 3.05) is 44.3 Å². The summed E-state index contributed by atoms with van der Waals surface area (Å²) in [6, 6.07) is 10.5. The summed E-state index contributed by atoms with van der Waals surface area (Å²) < 4.78 is 11.5. The Morgan fingerprint density at radius 3 is 2.46 bits per heavy atom. The van der Waals surface area contributed by atoms with Crippen LogP contribution in [0.5, 0.6) is 6.01 Å². The smallest absolute Gasteiger partial charge is 0.296 e. The molecule has 5 rings (SSSR count). The van der Waals surface area contributed by atoms with Crippen LogP contribution in [0.2, 0.25) is 5.02 Å². The van der Waals surface area contributed by atoms with E-state index in [-0.39, 0.29) is 6.10 Å². The van der Waals surface area contributed by atoms with Crippen molar-refractivity contribution in [1.82, 2.24) is 19.9 Å². The van der Waals surface area contributed by atoms with Gasteiger partial charge in [0.1, 0.15) is 12.3 Å². The normalized spacial score (nSPS) is 19.3. The lowest BCUT2D eigenvalue weighted by Gasteiger charge is -2.39. The van der Waals surface area contributed by atoms with E-state index >= 15 is 0 Å². The molecule has 2 aliphatic rings. The van der Waals surface area contributed by atoms with Crippen LogP contribution in [-0.2, 0) is 4.74 Å². The Balaban J connectivity index is 1.27. The molecule has 4 heterocycles. The summed E-state index contributed by atoms with van der Waals surface area (Å²) in [5.74, 6) is 0. The Hall–Kier alpha value is -2.43. The van der Waals surface area contributed by atoms with Crippen LogP contribution >= 0.6 is 11.6 Å². The van der Waals surface area contributed by atoms with Gasteiger partial charge < -0.3 is 29.6 Å². The fraction of sp³-hybridized carbons (Fsp3) is 0.520. The van der Waals surface area contributed by atoms with E-state index in [1.54, 1.807) is 13.8 Å². The van der Waals surface area contributed by atoms with Crippen molar-refractivity contribution in [3.8, 4) is 17.3 Å². The van der Waals surface area contributed by atoms with E-state index in [2.05, 4.69) is 27.0 Å². The van der Waals surface area contributed by atoms with Crippen LogP contribution in [0.4, 0.5) is 5.69 Å². The highest BCUT2D eigenvalue weighted by Crippen LogP contribution is 2.31. The van der Waals surface area contributed by atoms with Crippen molar-refractivity contribution in [3.05, 3.63) is 35.4 Å². The number of ether oxygens (including phenoxy) is 2. The molecule has 188 valence electrons. The zero-order valence-corrected chi connectivity index (χ0v) is 20.8. The molecule has 0 spiro atoms. The minimum atomic E-state index is -1.17. The molecule has 35 heavy (non-hydrogen) atoms. The zero-order valence-electron chi connectivity index (χ0n) is 20.1. The summed E-state index contributed by atoms with van der Waals surface area (Å²) in [6.45, 7) is 7.75. The molecule has 0 bridgehead atoms. The first kappa shape index (κ1) is 24.3. The molecule has 3 aromatic rings. The van der Waals surface area contributed by atoms with Crippen LogP contribution in [0.1, 0.15) is 26.7 Å². The van der Waals surface area contributed by atoms with E-state index in [4.69, 9.17) is 26.1 Å². The number of anilines is 1. The Kier molecular flexibility index (Phi) is 6.87. The molecule has 3 N–H and O–H groups in total. The number of aliphatic hydroxyl groups excluding tert-OH is 1. The second-order valence-electron chi connectivity index (χ2n) is 9.76. The average molecular weight is 502 g/mol. The summed E-state index contributed by atoms with van der Waals surface area (Å²) in [7, 11) is 0. The molecule has 0 saturated carbocycles. The number of rotatable bonds is 6. The number of morpholine rings is 1. The summed E-state index contributed by atoms with van der Waals surface area (Å²) in [5, 5.41) is 20.9. The Morgan fingerprint density at radius 1 is 1.11 bits per heavy atom. The van der Waals surface area contributed by atoms with Crippen molar-refractivity contribution >= 4 is 28.5 Å². The van der Waals surface area contributed by atoms with Gasteiger partial charge in [0.05, 0.1) is 35.0 Å². The number of pyridine rings is 1.